The van der Waals surface area contributed by atoms with E-state index in [2.05, 4.69) is 26.8 Å². The SMILES string of the molecule is CC(C)(C)c1ccc2c(c1)C(C#N)N(CCCC(=O)O)C2=O. The molecule has 1 aliphatic heterocycles. The van der Waals surface area contributed by atoms with E-state index in [1.54, 1.807) is 6.07 Å². The molecule has 0 fully saturated rings. The fourth-order valence-electron chi connectivity index (χ4n) is 2.66. The number of carboxylic acid groups (broad SMARTS) is 1. The Kier molecular flexibility index (Phi) is 4.23. The lowest BCUT2D eigenvalue weighted by molar-refractivity contribution is -0.137. The van der Waals surface area contributed by atoms with Crippen molar-refractivity contribution in [2.45, 2.75) is 45.1 Å². The van der Waals surface area contributed by atoms with E-state index in [0.717, 1.165) is 11.1 Å². The van der Waals surface area contributed by atoms with Crippen LogP contribution in [0.25, 0.3) is 0 Å². The maximum absolute atomic E-state index is 12.4. The van der Waals surface area contributed by atoms with Gasteiger partial charge in [-0.25, -0.2) is 0 Å². The van der Waals surface area contributed by atoms with E-state index in [1.165, 1.54) is 4.90 Å². The molecule has 116 valence electrons. The summed E-state index contributed by atoms with van der Waals surface area (Å²) in [6, 6.07) is 7.18. The first-order valence-electron chi connectivity index (χ1n) is 7.32. The monoisotopic (exact) mass is 300 g/mol. The third-order valence-corrected chi connectivity index (χ3v) is 3.93. The Labute approximate surface area is 130 Å². The Bertz CT molecular complexity index is 653. The van der Waals surface area contributed by atoms with Gasteiger partial charge in [0, 0.05) is 24.1 Å². The van der Waals surface area contributed by atoms with Gasteiger partial charge in [-0.3, -0.25) is 9.59 Å². The van der Waals surface area contributed by atoms with Gasteiger partial charge in [-0.2, -0.15) is 5.26 Å². The van der Waals surface area contributed by atoms with Crippen molar-refractivity contribution in [3.05, 3.63) is 34.9 Å². The number of nitrogens with zero attached hydrogens (tertiary/aromatic N) is 2. The average molecular weight is 300 g/mol. The third kappa shape index (κ3) is 2.96. The second kappa shape index (κ2) is 5.80. The molecule has 0 aliphatic carbocycles. The van der Waals surface area contributed by atoms with Crippen LogP contribution < -0.4 is 0 Å². The van der Waals surface area contributed by atoms with Crippen molar-refractivity contribution in [2.75, 3.05) is 6.54 Å². The molecule has 22 heavy (non-hydrogen) atoms. The maximum atomic E-state index is 12.4. The average Bonchev–Trinajstić information content (AvgIpc) is 2.70. The van der Waals surface area contributed by atoms with E-state index in [-0.39, 0.29) is 24.3 Å². The molecule has 1 amide bonds. The molecule has 2 rings (SSSR count). The van der Waals surface area contributed by atoms with Gasteiger partial charge in [0.2, 0.25) is 0 Å². The number of hydrogen-bond donors (Lipinski definition) is 1. The summed E-state index contributed by atoms with van der Waals surface area (Å²) < 4.78 is 0. The molecule has 1 atom stereocenters. The van der Waals surface area contributed by atoms with Crippen LogP contribution in [0.5, 0.6) is 0 Å². The molecule has 1 aliphatic rings. The molecule has 0 spiro atoms. The number of rotatable bonds is 4. The van der Waals surface area contributed by atoms with E-state index < -0.39 is 12.0 Å². The van der Waals surface area contributed by atoms with Gasteiger partial charge in [0.1, 0.15) is 6.04 Å². The number of amides is 1. The van der Waals surface area contributed by atoms with Crippen LogP contribution in [0.2, 0.25) is 0 Å². The molecule has 1 heterocycles. The quantitative estimate of drug-likeness (QED) is 0.927. The Morgan fingerprint density at radius 2 is 2.09 bits per heavy atom. The summed E-state index contributed by atoms with van der Waals surface area (Å²) in [7, 11) is 0. The molecule has 1 aromatic carbocycles. The van der Waals surface area contributed by atoms with Crippen LogP contribution in [0.1, 0.15) is 61.1 Å². The molecule has 5 heteroatoms. The fraction of sp³-hybridized carbons (Fsp3) is 0.471. The van der Waals surface area contributed by atoms with Crippen LogP contribution in [0.4, 0.5) is 0 Å². The van der Waals surface area contributed by atoms with Gasteiger partial charge in [0.05, 0.1) is 6.07 Å². The highest BCUT2D eigenvalue weighted by Gasteiger charge is 2.37. The van der Waals surface area contributed by atoms with Crippen molar-refractivity contribution in [3.63, 3.8) is 0 Å². The number of nitriles is 1. The summed E-state index contributed by atoms with van der Waals surface area (Å²) in [6.45, 7) is 6.52. The summed E-state index contributed by atoms with van der Waals surface area (Å²) in [5, 5.41) is 18.2. The zero-order valence-corrected chi connectivity index (χ0v) is 13.1. The zero-order valence-electron chi connectivity index (χ0n) is 13.1. The summed E-state index contributed by atoms with van der Waals surface area (Å²) in [4.78, 5) is 24.5. The molecule has 1 unspecified atom stereocenters. The number of fused-ring (bicyclic) bond motifs is 1. The van der Waals surface area contributed by atoms with Gasteiger partial charge in [-0.05, 0) is 23.5 Å². The maximum Gasteiger partial charge on any atom is 0.303 e. The van der Waals surface area contributed by atoms with Crippen LogP contribution >= 0.6 is 0 Å². The van der Waals surface area contributed by atoms with Crippen molar-refractivity contribution in [1.82, 2.24) is 4.90 Å². The highest BCUT2D eigenvalue weighted by Crippen LogP contribution is 2.36. The summed E-state index contributed by atoms with van der Waals surface area (Å²) in [6.07, 6.45) is 0.338. The highest BCUT2D eigenvalue weighted by atomic mass is 16.4. The van der Waals surface area contributed by atoms with Crippen LogP contribution in [-0.2, 0) is 10.2 Å². The molecule has 0 aromatic heterocycles. The molecular formula is C17H20N2O3. The summed E-state index contributed by atoms with van der Waals surface area (Å²) >= 11 is 0. The number of carbonyl (C=O) groups is 2. The van der Waals surface area contributed by atoms with Gasteiger partial charge in [-0.1, -0.05) is 32.9 Å². The smallest absolute Gasteiger partial charge is 0.303 e. The Balaban J connectivity index is 2.30. The Morgan fingerprint density at radius 3 is 2.64 bits per heavy atom. The van der Waals surface area contributed by atoms with E-state index >= 15 is 0 Å². The standard InChI is InChI=1S/C17H20N2O3/c1-17(2,3)11-6-7-12-13(9-11)14(10-18)19(16(12)22)8-4-5-15(20)21/h6-7,9,14H,4-5,8H2,1-3H3,(H,20,21). The second-order valence-electron chi connectivity index (χ2n) is 6.58. The first-order valence-corrected chi connectivity index (χ1v) is 7.32. The van der Waals surface area contributed by atoms with E-state index in [4.69, 9.17) is 5.11 Å². The second-order valence-corrected chi connectivity index (χ2v) is 6.58. The summed E-state index contributed by atoms with van der Waals surface area (Å²) in [5.74, 6) is -1.08. The van der Waals surface area contributed by atoms with Crippen LogP contribution in [0, 0.1) is 11.3 Å². The predicted molar refractivity (Wildman–Crippen MR) is 81.4 cm³/mol. The van der Waals surface area contributed by atoms with E-state index in [9.17, 15) is 14.9 Å². The largest absolute Gasteiger partial charge is 0.481 e. The van der Waals surface area contributed by atoms with Crippen molar-refractivity contribution in [2.24, 2.45) is 0 Å². The van der Waals surface area contributed by atoms with Crippen LogP contribution in [0.3, 0.4) is 0 Å². The van der Waals surface area contributed by atoms with Crippen LogP contribution in [0.15, 0.2) is 18.2 Å². The minimum atomic E-state index is -0.896. The van der Waals surface area contributed by atoms with Crippen molar-refractivity contribution in [1.29, 1.82) is 5.26 Å². The number of benzene rings is 1. The van der Waals surface area contributed by atoms with Gasteiger partial charge < -0.3 is 10.0 Å². The molecule has 0 radical (unpaired) electrons. The van der Waals surface area contributed by atoms with Gasteiger partial charge >= 0.3 is 5.97 Å². The lowest BCUT2D eigenvalue weighted by Crippen LogP contribution is -2.28. The van der Waals surface area contributed by atoms with Crippen molar-refractivity contribution in [3.8, 4) is 6.07 Å². The first kappa shape index (κ1) is 16.0. The minimum Gasteiger partial charge on any atom is -0.481 e. The van der Waals surface area contributed by atoms with E-state index in [1.807, 2.05) is 12.1 Å². The normalized spacial score (nSPS) is 17.3. The fourth-order valence-corrected chi connectivity index (χ4v) is 2.66. The van der Waals surface area contributed by atoms with E-state index in [0.29, 0.717) is 12.0 Å². The van der Waals surface area contributed by atoms with Crippen LogP contribution in [-0.4, -0.2) is 28.4 Å². The highest BCUT2D eigenvalue weighted by molar-refractivity contribution is 5.99. The van der Waals surface area contributed by atoms with Gasteiger partial charge in [0.15, 0.2) is 0 Å². The number of aliphatic carboxylic acids is 1. The zero-order chi connectivity index (χ0) is 16.5. The lowest BCUT2D eigenvalue weighted by Gasteiger charge is -2.21. The lowest BCUT2D eigenvalue weighted by atomic mass is 9.85. The number of carbonyl (C=O) groups excluding carboxylic acids is 1. The molecule has 1 aromatic rings. The number of hydrogen-bond acceptors (Lipinski definition) is 3. The Morgan fingerprint density at radius 1 is 1.41 bits per heavy atom. The molecule has 5 nitrogen and oxygen atoms in total. The molecule has 0 bridgehead atoms. The topological polar surface area (TPSA) is 81.4 Å². The molecule has 0 saturated heterocycles. The first-order chi connectivity index (χ1) is 10.3. The molecule has 0 saturated carbocycles. The van der Waals surface area contributed by atoms with Crippen molar-refractivity contribution < 1.29 is 14.7 Å². The summed E-state index contributed by atoms with van der Waals surface area (Å²) in [5.41, 5.74) is 2.30. The van der Waals surface area contributed by atoms with Crippen molar-refractivity contribution >= 4 is 11.9 Å². The number of carboxylic acids is 1. The van der Waals surface area contributed by atoms with Gasteiger partial charge in [-0.15, -0.1) is 0 Å². The third-order valence-electron chi connectivity index (χ3n) is 3.93. The minimum absolute atomic E-state index is 0.00842. The van der Waals surface area contributed by atoms with Gasteiger partial charge in [0.25, 0.3) is 5.91 Å². The predicted octanol–water partition coefficient (Wildman–Crippen LogP) is 2.87. The Hall–Kier alpha value is -2.35. The molecular weight excluding hydrogens is 280 g/mol. The molecule has 1 N–H and O–H groups in total.